The molecule has 0 fully saturated rings. The van der Waals surface area contributed by atoms with Gasteiger partial charge in [0.1, 0.15) is 17.3 Å². The Bertz CT molecular complexity index is 1230. The molecule has 0 saturated heterocycles. The maximum absolute atomic E-state index is 14.5. The van der Waals surface area contributed by atoms with Crippen molar-refractivity contribution in [3.05, 3.63) is 60.2 Å². The fourth-order valence-corrected chi connectivity index (χ4v) is 3.91. The molecule has 0 spiro atoms. The Hall–Kier alpha value is -3.33. The van der Waals surface area contributed by atoms with E-state index in [4.69, 9.17) is 0 Å². The molecule has 0 saturated carbocycles. The van der Waals surface area contributed by atoms with Gasteiger partial charge in [-0.1, -0.05) is 11.3 Å². The average Bonchev–Trinajstić information content (AvgIpc) is 3.27. The van der Waals surface area contributed by atoms with Gasteiger partial charge < -0.3 is 14.8 Å². The van der Waals surface area contributed by atoms with Crippen LogP contribution in [0.1, 0.15) is 24.3 Å². The van der Waals surface area contributed by atoms with Crippen LogP contribution in [0.25, 0.3) is 27.2 Å². The standard InChI is InChI=1S/C20H16F2N4O2S/c1-10(2)24-20-23-7-17(29-20)11-5-14(13-4-3-12(21)6-15(13)22)18-25-16(19(27)28)9-26(18)8-11/h3-10H,1-2H3,(H,23,24)(H,27,28). The molecule has 9 heteroatoms. The summed E-state index contributed by atoms with van der Waals surface area (Å²) in [5.74, 6) is -2.64. The Kier molecular flexibility index (Phi) is 4.75. The molecule has 0 unspecified atom stereocenters. The summed E-state index contributed by atoms with van der Waals surface area (Å²) >= 11 is 1.42. The van der Waals surface area contributed by atoms with E-state index in [1.54, 1.807) is 18.5 Å². The van der Waals surface area contributed by atoms with Crippen LogP contribution in [0.4, 0.5) is 13.9 Å². The van der Waals surface area contributed by atoms with Crippen LogP contribution in [0.3, 0.4) is 0 Å². The van der Waals surface area contributed by atoms with E-state index in [-0.39, 0.29) is 22.9 Å². The molecular formula is C20H16F2N4O2S. The first-order valence-electron chi connectivity index (χ1n) is 8.76. The summed E-state index contributed by atoms with van der Waals surface area (Å²) in [6.07, 6.45) is 4.77. The molecule has 0 atom stereocenters. The summed E-state index contributed by atoms with van der Waals surface area (Å²) in [7, 11) is 0. The van der Waals surface area contributed by atoms with E-state index in [1.807, 2.05) is 13.8 Å². The van der Waals surface area contributed by atoms with E-state index in [1.165, 1.54) is 28.0 Å². The fraction of sp³-hybridized carbons (Fsp3) is 0.150. The van der Waals surface area contributed by atoms with Crippen molar-refractivity contribution >= 4 is 28.1 Å². The largest absolute Gasteiger partial charge is 0.476 e. The number of halogens is 2. The number of imidazole rings is 1. The van der Waals surface area contributed by atoms with Crippen LogP contribution in [0, 0.1) is 11.6 Å². The van der Waals surface area contributed by atoms with Gasteiger partial charge in [-0.05, 0) is 32.0 Å². The van der Waals surface area contributed by atoms with Crippen molar-refractivity contribution in [2.75, 3.05) is 5.32 Å². The van der Waals surface area contributed by atoms with Crippen molar-refractivity contribution in [1.82, 2.24) is 14.4 Å². The number of hydrogen-bond acceptors (Lipinski definition) is 5. The molecule has 4 rings (SSSR count). The minimum atomic E-state index is -1.19. The van der Waals surface area contributed by atoms with Crippen molar-refractivity contribution in [2.45, 2.75) is 19.9 Å². The molecular weight excluding hydrogens is 398 g/mol. The number of carboxylic acid groups (broad SMARTS) is 1. The van der Waals surface area contributed by atoms with Crippen molar-refractivity contribution < 1.29 is 18.7 Å². The van der Waals surface area contributed by atoms with E-state index < -0.39 is 17.6 Å². The number of aromatic carboxylic acids is 1. The van der Waals surface area contributed by atoms with E-state index >= 15 is 0 Å². The smallest absolute Gasteiger partial charge is 0.356 e. The van der Waals surface area contributed by atoms with Crippen molar-refractivity contribution in [2.24, 2.45) is 0 Å². The molecule has 2 N–H and O–H groups in total. The normalized spacial score (nSPS) is 11.3. The van der Waals surface area contributed by atoms with Gasteiger partial charge in [0.25, 0.3) is 0 Å². The molecule has 0 aliphatic heterocycles. The lowest BCUT2D eigenvalue weighted by molar-refractivity contribution is 0.0691. The van der Waals surface area contributed by atoms with Gasteiger partial charge in [0.2, 0.25) is 0 Å². The first kappa shape index (κ1) is 19.0. The third kappa shape index (κ3) is 3.68. The maximum atomic E-state index is 14.5. The van der Waals surface area contributed by atoms with Crippen LogP contribution < -0.4 is 5.32 Å². The molecule has 29 heavy (non-hydrogen) atoms. The predicted octanol–water partition coefficient (Wildman–Crippen LogP) is 4.92. The van der Waals surface area contributed by atoms with Gasteiger partial charge in [-0.25, -0.2) is 23.5 Å². The Morgan fingerprint density at radius 2 is 2.00 bits per heavy atom. The quantitative estimate of drug-likeness (QED) is 0.485. The van der Waals surface area contributed by atoms with Gasteiger partial charge >= 0.3 is 5.97 Å². The van der Waals surface area contributed by atoms with Gasteiger partial charge in [0, 0.05) is 47.4 Å². The molecule has 148 valence electrons. The zero-order valence-corrected chi connectivity index (χ0v) is 16.3. The number of pyridine rings is 1. The first-order chi connectivity index (χ1) is 13.8. The zero-order valence-electron chi connectivity index (χ0n) is 15.5. The number of fused-ring (bicyclic) bond motifs is 1. The topological polar surface area (TPSA) is 79.5 Å². The van der Waals surface area contributed by atoms with E-state index in [9.17, 15) is 18.7 Å². The van der Waals surface area contributed by atoms with E-state index in [0.717, 1.165) is 22.1 Å². The Morgan fingerprint density at radius 1 is 1.21 bits per heavy atom. The molecule has 0 radical (unpaired) electrons. The summed E-state index contributed by atoms with van der Waals surface area (Å²) in [5, 5.41) is 13.3. The highest BCUT2D eigenvalue weighted by Crippen LogP contribution is 2.35. The third-order valence-corrected chi connectivity index (χ3v) is 5.17. The van der Waals surface area contributed by atoms with Gasteiger partial charge in [0.05, 0.1) is 4.88 Å². The number of rotatable bonds is 5. The molecule has 0 bridgehead atoms. The van der Waals surface area contributed by atoms with Gasteiger partial charge in [-0.15, -0.1) is 0 Å². The molecule has 1 aromatic carbocycles. The SMILES string of the molecule is CC(C)Nc1ncc(-c2cc(-c3ccc(F)cc3F)c3nc(C(=O)O)cn3c2)s1. The van der Waals surface area contributed by atoms with Gasteiger partial charge in [-0.3, -0.25) is 0 Å². The Labute approximate surface area is 168 Å². The molecule has 0 amide bonds. The third-order valence-electron chi connectivity index (χ3n) is 4.19. The molecule has 4 aromatic rings. The number of anilines is 1. The van der Waals surface area contributed by atoms with Crippen LogP contribution in [-0.4, -0.2) is 31.5 Å². The number of nitrogens with zero attached hydrogens (tertiary/aromatic N) is 3. The van der Waals surface area contributed by atoms with Crippen LogP contribution >= 0.6 is 11.3 Å². The number of benzene rings is 1. The molecule has 3 aromatic heterocycles. The lowest BCUT2D eigenvalue weighted by Crippen LogP contribution is -2.08. The summed E-state index contributed by atoms with van der Waals surface area (Å²) in [4.78, 5) is 20.6. The lowest BCUT2D eigenvalue weighted by Gasteiger charge is -2.09. The van der Waals surface area contributed by atoms with Crippen LogP contribution in [-0.2, 0) is 0 Å². The van der Waals surface area contributed by atoms with Gasteiger partial charge in [-0.2, -0.15) is 0 Å². The Balaban J connectivity index is 1.92. The summed E-state index contributed by atoms with van der Waals surface area (Å²) in [5.41, 5.74) is 1.30. The minimum Gasteiger partial charge on any atom is -0.476 e. The number of carboxylic acids is 1. The number of hydrogen-bond donors (Lipinski definition) is 2. The monoisotopic (exact) mass is 414 g/mol. The highest BCUT2D eigenvalue weighted by molar-refractivity contribution is 7.18. The number of thiazole rings is 1. The summed E-state index contributed by atoms with van der Waals surface area (Å²) in [6, 6.07) is 5.18. The average molecular weight is 414 g/mol. The van der Waals surface area contributed by atoms with Crippen LogP contribution in [0.15, 0.2) is 42.9 Å². The van der Waals surface area contributed by atoms with Crippen LogP contribution in [0.2, 0.25) is 0 Å². The molecule has 3 heterocycles. The van der Waals surface area contributed by atoms with Crippen molar-refractivity contribution in [3.63, 3.8) is 0 Å². The second kappa shape index (κ2) is 7.25. The van der Waals surface area contributed by atoms with Gasteiger partial charge in [0.15, 0.2) is 10.8 Å². The zero-order chi connectivity index (χ0) is 20.7. The second-order valence-corrected chi connectivity index (χ2v) is 7.79. The number of carbonyl (C=O) groups is 1. The van der Waals surface area contributed by atoms with Crippen molar-refractivity contribution in [1.29, 1.82) is 0 Å². The second-order valence-electron chi connectivity index (χ2n) is 6.76. The Morgan fingerprint density at radius 3 is 2.69 bits per heavy atom. The first-order valence-corrected chi connectivity index (χ1v) is 9.57. The fourth-order valence-electron chi connectivity index (χ4n) is 2.96. The molecule has 0 aliphatic rings. The highest BCUT2D eigenvalue weighted by Gasteiger charge is 2.18. The number of nitrogens with one attached hydrogen (secondary N) is 1. The molecule has 0 aliphatic carbocycles. The minimum absolute atomic E-state index is 0.130. The number of aromatic nitrogens is 3. The predicted molar refractivity (Wildman–Crippen MR) is 107 cm³/mol. The van der Waals surface area contributed by atoms with E-state index in [0.29, 0.717) is 11.1 Å². The highest BCUT2D eigenvalue weighted by atomic mass is 32.1. The lowest BCUT2D eigenvalue weighted by atomic mass is 10.0. The van der Waals surface area contributed by atoms with E-state index in [2.05, 4.69) is 15.3 Å². The maximum Gasteiger partial charge on any atom is 0.356 e. The molecule has 6 nitrogen and oxygen atoms in total. The van der Waals surface area contributed by atoms with Crippen molar-refractivity contribution in [3.8, 4) is 21.6 Å². The van der Waals surface area contributed by atoms with Crippen LogP contribution in [0.5, 0.6) is 0 Å². The summed E-state index contributed by atoms with van der Waals surface area (Å²) in [6.45, 7) is 4.00. The summed E-state index contributed by atoms with van der Waals surface area (Å²) < 4.78 is 29.4.